The number of benzene rings is 1. The van der Waals surface area contributed by atoms with E-state index in [2.05, 4.69) is 53.9 Å². The van der Waals surface area contributed by atoms with Gasteiger partial charge in [0.15, 0.2) is 0 Å². The lowest BCUT2D eigenvalue weighted by atomic mass is 10.1. The van der Waals surface area contributed by atoms with Crippen LogP contribution in [0, 0.1) is 6.92 Å². The van der Waals surface area contributed by atoms with Gasteiger partial charge in [-0.1, -0.05) is 46.6 Å². The van der Waals surface area contributed by atoms with Gasteiger partial charge in [-0.2, -0.15) is 0 Å². The molecule has 0 radical (unpaired) electrons. The van der Waals surface area contributed by atoms with Crippen molar-refractivity contribution in [3.8, 4) is 0 Å². The summed E-state index contributed by atoms with van der Waals surface area (Å²) < 4.78 is 0. The highest BCUT2D eigenvalue weighted by molar-refractivity contribution is 9.09. The SMILES string of the molecule is Cc1ccc(CN(C)CC(C)Br)c(Cl)c1. The van der Waals surface area contributed by atoms with Gasteiger partial charge < -0.3 is 4.90 Å². The number of nitrogens with zero attached hydrogens (tertiary/aromatic N) is 1. The van der Waals surface area contributed by atoms with Crippen molar-refractivity contribution in [2.45, 2.75) is 25.2 Å². The van der Waals surface area contributed by atoms with Crippen LogP contribution in [0.3, 0.4) is 0 Å². The first-order valence-electron chi connectivity index (χ1n) is 5.06. The Kier molecular flexibility index (Phi) is 5.10. The quantitative estimate of drug-likeness (QED) is 0.761. The summed E-state index contributed by atoms with van der Waals surface area (Å²) in [5, 5.41) is 0.865. The molecule has 1 unspecified atom stereocenters. The molecule has 0 aliphatic rings. The van der Waals surface area contributed by atoms with Crippen LogP contribution in [0.15, 0.2) is 18.2 Å². The fraction of sp³-hybridized carbons (Fsp3) is 0.500. The molecule has 1 rings (SSSR count). The second-order valence-electron chi connectivity index (χ2n) is 4.07. The number of halogens is 2. The Labute approximate surface area is 106 Å². The van der Waals surface area contributed by atoms with E-state index >= 15 is 0 Å². The maximum Gasteiger partial charge on any atom is 0.0453 e. The molecule has 0 aromatic heterocycles. The average molecular weight is 291 g/mol. The van der Waals surface area contributed by atoms with E-state index in [9.17, 15) is 0 Å². The van der Waals surface area contributed by atoms with Crippen molar-refractivity contribution in [3.05, 3.63) is 34.3 Å². The van der Waals surface area contributed by atoms with E-state index in [0.717, 1.165) is 18.1 Å². The number of alkyl halides is 1. The summed E-state index contributed by atoms with van der Waals surface area (Å²) >= 11 is 9.72. The third-order valence-electron chi connectivity index (χ3n) is 2.21. The lowest BCUT2D eigenvalue weighted by Crippen LogP contribution is -2.24. The third kappa shape index (κ3) is 4.54. The molecule has 0 heterocycles. The van der Waals surface area contributed by atoms with Crippen LogP contribution in [0.5, 0.6) is 0 Å². The van der Waals surface area contributed by atoms with Crippen molar-refractivity contribution in [2.24, 2.45) is 0 Å². The van der Waals surface area contributed by atoms with E-state index in [1.807, 2.05) is 6.07 Å². The van der Waals surface area contributed by atoms with Crippen molar-refractivity contribution in [1.29, 1.82) is 0 Å². The van der Waals surface area contributed by atoms with Gasteiger partial charge in [-0.05, 0) is 31.2 Å². The molecule has 0 aliphatic carbocycles. The Bertz CT molecular complexity index is 325. The van der Waals surface area contributed by atoms with E-state index in [0.29, 0.717) is 4.83 Å². The predicted octanol–water partition coefficient (Wildman–Crippen LogP) is 3.86. The van der Waals surface area contributed by atoms with Crippen LogP contribution in [0.2, 0.25) is 5.02 Å². The zero-order valence-corrected chi connectivity index (χ0v) is 11.8. The smallest absolute Gasteiger partial charge is 0.0453 e. The Morgan fingerprint density at radius 2 is 2.13 bits per heavy atom. The molecule has 0 N–H and O–H groups in total. The van der Waals surface area contributed by atoms with Gasteiger partial charge in [0.25, 0.3) is 0 Å². The van der Waals surface area contributed by atoms with Gasteiger partial charge >= 0.3 is 0 Å². The lowest BCUT2D eigenvalue weighted by Gasteiger charge is -2.18. The highest BCUT2D eigenvalue weighted by atomic mass is 79.9. The van der Waals surface area contributed by atoms with E-state index in [1.54, 1.807) is 0 Å². The molecule has 84 valence electrons. The number of aryl methyl sites for hydroxylation is 1. The molecule has 0 aliphatic heterocycles. The van der Waals surface area contributed by atoms with E-state index in [4.69, 9.17) is 11.6 Å². The summed E-state index contributed by atoms with van der Waals surface area (Å²) in [5.74, 6) is 0. The maximum atomic E-state index is 6.17. The molecular weight excluding hydrogens is 273 g/mol. The molecular formula is C12H17BrClN. The Morgan fingerprint density at radius 1 is 1.47 bits per heavy atom. The summed E-state index contributed by atoms with van der Waals surface area (Å²) in [7, 11) is 2.11. The largest absolute Gasteiger partial charge is 0.301 e. The molecule has 1 nitrogen and oxygen atoms in total. The van der Waals surface area contributed by atoms with Crippen molar-refractivity contribution in [1.82, 2.24) is 4.90 Å². The van der Waals surface area contributed by atoms with Gasteiger partial charge in [0.2, 0.25) is 0 Å². The highest BCUT2D eigenvalue weighted by Gasteiger charge is 2.06. The normalized spacial score (nSPS) is 13.2. The highest BCUT2D eigenvalue weighted by Crippen LogP contribution is 2.19. The molecule has 0 saturated carbocycles. The molecule has 0 saturated heterocycles. The first-order chi connectivity index (χ1) is 6.99. The van der Waals surface area contributed by atoms with E-state index in [1.165, 1.54) is 11.1 Å². The minimum absolute atomic E-state index is 0.506. The fourth-order valence-electron chi connectivity index (χ4n) is 1.57. The van der Waals surface area contributed by atoms with Crippen LogP contribution in [-0.4, -0.2) is 23.3 Å². The fourth-order valence-corrected chi connectivity index (χ4v) is 2.35. The summed E-state index contributed by atoms with van der Waals surface area (Å²) in [5.41, 5.74) is 2.40. The molecule has 1 aromatic carbocycles. The van der Waals surface area contributed by atoms with Crippen molar-refractivity contribution < 1.29 is 0 Å². The predicted molar refractivity (Wildman–Crippen MR) is 70.9 cm³/mol. The first-order valence-corrected chi connectivity index (χ1v) is 6.36. The van der Waals surface area contributed by atoms with Crippen LogP contribution in [0.4, 0.5) is 0 Å². The van der Waals surface area contributed by atoms with Gasteiger partial charge in [-0.25, -0.2) is 0 Å². The molecule has 1 aromatic rings. The minimum atomic E-state index is 0.506. The van der Waals surface area contributed by atoms with Crippen LogP contribution >= 0.6 is 27.5 Å². The number of rotatable bonds is 4. The van der Waals surface area contributed by atoms with Crippen molar-refractivity contribution >= 4 is 27.5 Å². The van der Waals surface area contributed by atoms with Crippen molar-refractivity contribution in [2.75, 3.05) is 13.6 Å². The average Bonchev–Trinajstić information content (AvgIpc) is 2.08. The number of hydrogen-bond donors (Lipinski definition) is 0. The van der Waals surface area contributed by atoms with E-state index in [-0.39, 0.29) is 0 Å². The molecule has 0 bridgehead atoms. The second kappa shape index (κ2) is 5.88. The molecule has 0 amide bonds. The Morgan fingerprint density at radius 3 is 2.67 bits per heavy atom. The summed E-state index contributed by atoms with van der Waals surface area (Å²) in [6.07, 6.45) is 0. The summed E-state index contributed by atoms with van der Waals surface area (Å²) in [4.78, 5) is 2.77. The van der Waals surface area contributed by atoms with Gasteiger partial charge in [0, 0.05) is 22.9 Å². The number of hydrogen-bond acceptors (Lipinski definition) is 1. The van der Waals surface area contributed by atoms with Crippen LogP contribution < -0.4 is 0 Å². The van der Waals surface area contributed by atoms with Crippen LogP contribution in [0.25, 0.3) is 0 Å². The lowest BCUT2D eigenvalue weighted by molar-refractivity contribution is 0.333. The van der Waals surface area contributed by atoms with Gasteiger partial charge in [0.1, 0.15) is 0 Å². The molecule has 0 spiro atoms. The molecule has 0 fully saturated rings. The second-order valence-corrected chi connectivity index (χ2v) is 6.04. The molecule has 3 heteroatoms. The zero-order valence-electron chi connectivity index (χ0n) is 9.43. The molecule has 15 heavy (non-hydrogen) atoms. The minimum Gasteiger partial charge on any atom is -0.301 e. The zero-order chi connectivity index (χ0) is 11.4. The summed E-state index contributed by atoms with van der Waals surface area (Å²) in [6, 6.07) is 6.22. The Hall–Kier alpha value is -0.0500. The molecule has 1 atom stereocenters. The van der Waals surface area contributed by atoms with Crippen LogP contribution in [-0.2, 0) is 6.54 Å². The van der Waals surface area contributed by atoms with Gasteiger partial charge in [0.05, 0.1) is 0 Å². The topological polar surface area (TPSA) is 3.24 Å². The first kappa shape index (κ1) is 13.0. The third-order valence-corrected chi connectivity index (χ3v) is 2.85. The monoisotopic (exact) mass is 289 g/mol. The van der Waals surface area contributed by atoms with Gasteiger partial charge in [-0.15, -0.1) is 0 Å². The summed E-state index contributed by atoms with van der Waals surface area (Å²) in [6.45, 7) is 6.12. The van der Waals surface area contributed by atoms with Crippen LogP contribution in [0.1, 0.15) is 18.1 Å². The maximum absolute atomic E-state index is 6.17. The Balaban J connectivity index is 2.64. The van der Waals surface area contributed by atoms with Gasteiger partial charge in [-0.3, -0.25) is 0 Å². The standard InChI is InChI=1S/C12H17BrClN/c1-9-4-5-11(12(14)6-9)8-15(3)7-10(2)13/h4-6,10H,7-8H2,1-3H3. The van der Waals surface area contributed by atoms with E-state index < -0.39 is 0 Å². The van der Waals surface area contributed by atoms with Crippen molar-refractivity contribution in [3.63, 3.8) is 0 Å².